The van der Waals surface area contributed by atoms with Gasteiger partial charge in [-0.05, 0) is 61.6 Å². The normalized spacial score (nSPS) is 15.6. The molecule has 0 N–H and O–H groups in total. The molecular weight excluding hydrogens is 406 g/mol. The second kappa shape index (κ2) is 9.94. The molecule has 1 fully saturated rings. The molecule has 0 spiro atoms. The number of amides is 1. The highest BCUT2D eigenvalue weighted by Crippen LogP contribution is 2.35. The van der Waals surface area contributed by atoms with Crippen LogP contribution < -0.4 is 4.90 Å². The summed E-state index contributed by atoms with van der Waals surface area (Å²) in [4.78, 5) is 33.9. The van der Waals surface area contributed by atoms with Gasteiger partial charge in [-0.2, -0.15) is 10.3 Å². The van der Waals surface area contributed by atoms with Crippen molar-refractivity contribution in [2.24, 2.45) is 0 Å². The quantitative estimate of drug-likeness (QED) is 0.648. The molecule has 3 rings (SSSR count). The van der Waals surface area contributed by atoms with Crippen molar-refractivity contribution < 1.29 is 19.2 Å². The topological polar surface area (TPSA) is 82.9 Å². The van der Waals surface area contributed by atoms with Crippen LogP contribution in [-0.4, -0.2) is 49.8 Å². The Balaban J connectivity index is 2.08. The maximum Gasteiger partial charge on any atom is 0.332 e. The summed E-state index contributed by atoms with van der Waals surface area (Å²) in [6.07, 6.45) is 0.745. The highest BCUT2D eigenvalue weighted by Gasteiger charge is 2.50. The highest BCUT2D eigenvalue weighted by molar-refractivity contribution is 6.03. The summed E-state index contributed by atoms with van der Waals surface area (Å²) >= 11 is 0. The van der Waals surface area contributed by atoms with Gasteiger partial charge in [0, 0.05) is 18.8 Å². The molecule has 2 aromatic carbocycles. The fourth-order valence-corrected chi connectivity index (χ4v) is 4.52. The second-order valence-electron chi connectivity index (χ2n) is 8.10. The van der Waals surface area contributed by atoms with Crippen LogP contribution in [-0.2, 0) is 25.6 Å². The number of aryl methyl sites for hydroxylation is 2. The average Bonchev–Trinajstić information content (AvgIpc) is 2.81. The lowest BCUT2D eigenvalue weighted by molar-refractivity contribution is -0.168. The second-order valence-corrected chi connectivity index (χ2v) is 8.10. The van der Waals surface area contributed by atoms with Crippen molar-refractivity contribution in [1.82, 2.24) is 5.06 Å². The molecular formula is C25H29N3O4. The Labute approximate surface area is 189 Å². The van der Waals surface area contributed by atoms with Crippen molar-refractivity contribution in [3.63, 3.8) is 0 Å². The van der Waals surface area contributed by atoms with E-state index in [-0.39, 0.29) is 12.3 Å². The van der Waals surface area contributed by atoms with Crippen LogP contribution in [0, 0.1) is 25.2 Å². The third-order valence-electron chi connectivity index (χ3n) is 6.13. The van der Waals surface area contributed by atoms with Gasteiger partial charge in [0.25, 0.3) is 0 Å². The fraction of sp³-hybridized carbons (Fsp3) is 0.400. The molecule has 0 bridgehead atoms. The van der Waals surface area contributed by atoms with Crippen LogP contribution in [0.3, 0.4) is 0 Å². The summed E-state index contributed by atoms with van der Waals surface area (Å²) in [5.41, 5.74) is 2.46. The molecule has 1 aliphatic heterocycles. The minimum atomic E-state index is -1.16. The molecule has 1 aliphatic rings. The van der Waals surface area contributed by atoms with E-state index in [4.69, 9.17) is 9.57 Å². The number of piperidine rings is 1. The van der Waals surface area contributed by atoms with Gasteiger partial charge in [-0.1, -0.05) is 24.3 Å². The Hall–Kier alpha value is -3.21. The predicted molar refractivity (Wildman–Crippen MR) is 121 cm³/mol. The zero-order valence-corrected chi connectivity index (χ0v) is 19.1. The number of nitrogens with zero attached hydrogens (tertiary/aromatic N) is 3. The standard InChI is InChI=1S/C25H29N3O4/c1-18-14-19(2)22(20(15-18)17-26)16-23(29)28(21-8-6-5-7-9-21)25(24(30)31-3)10-12-27(32-4)13-11-25/h5-9,14-15H,10-13,16H2,1-4H3. The van der Waals surface area contributed by atoms with Gasteiger partial charge in [-0.15, -0.1) is 0 Å². The highest BCUT2D eigenvalue weighted by atomic mass is 16.7. The van der Waals surface area contributed by atoms with E-state index in [1.807, 2.05) is 50.2 Å². The van der Waals surface area contributed by atoms with Crippen LogP contribution >= 0.6 is 0 Å². The first-order valence-electron chi connectivity index (χ1n) is 10.6. The molecule has 0 aromatic heterocycles. The molecule has 0 radical (unpaired) electrons. The van der Waals surface area contributed by atoms with E-state index in [0.717, 1.165) is 11.1 Å². The van der Waals surface area contributed by atoms with Gasteiger partial charge in [0.05, 0.1) is 32.3 Å². The van der Waals surface area contributed by atoms with Gasteiger partial charge in [-0.25, -0.2) is 4.79 Å². The molecule has 1 saturated heterocycles. The van der Waals surface area contributed by atoms with Crippen molar-refractivity contribution in [3.05, 3.63) is 64.7 Å². The summed E-state index contributed by atoms with van der Waals surface area (Å²) in [5, 5.41) is 11.4. The number of benzene rings is 2. The number of carbonyl (C=O) groups excluding carboxylic acids is 2. The van der Waals surface area contributed by atoms with Crippen molar-refractivity contribution in [2.45, 2.75) is 38.6 Å². The Kier molecular flexibility index (Phi) is 7.29. The number of carbonyl (C=O) groups is 2. The van der Waals surface area contributed by atoms with Gasteiger partial charge in [0.1, 0.15) is 5.54 Å². The Bertz CT molecular complexity index is 1020. The van der Waals surface area contributed by atoms with E-state index in [0.29, 0.717) is 42.7 Å². The maximum atomic E-state index is 13.9. The first-order valence-corrected chi connectivity index (χ1v) is 10.6. The molecule has 1 heterocycles. The maximum absolute atomic E-state index is 13.9. The van der Waals surface area contributed by atoms with Gasteiger partial charge in [-0.3, -0.25) is 9.69 Å². The third kappa shape index (κ3) is 4.52. The smallest absolute Gasteiger partial charge is 0.332 e. The van der Waals surface area contributed by atoms with Gasteiger partial charge >= 0.3 is 5.97 Å². The molecule has 2 aromatic rings. The first kappa shape index (κ1) is 23.5. The van der Waals surface area contributed by atoms with Gasteiger partial charge in [0.2, 0.25) is 5.91 Å². The zero-order valence-electron chi connectivity index (χ0n) is 19.1. The van der Waals surface area contributed by atoms with Crippen LogP contribution in [0.4, 0.5) is 5.69 Å². The third-order valence-corrected chi connectivity index (χ3v) is 6.13. The minimum Gasteiger partial charge on any atom is -0.467 e. The molecule has 0 unspecified atom stereocenters. The summed E-state index contributed by atoms with van der Waals surface area (Å²) in [6.45, 7) is 4.78. The van der Waals surface area contributed by atoms with Crippen LogP contribution in [0.15, 0.2) is 42.5 Å². The lowest BCUT2D eigenvalue weighted by Crippen LogP contribution is -2.63. The largest absolute Gasteiger partial charge is 0.467 e. The monoisotopic (exact) mass is 435 g/mol. The summed E-state index contributed by atoms with van der Waals surface area (Å²) in [7, 11) is 2.94. The van der Waals surface area contributed by atoms with Crippen molar-refractivity contribution in [3.8, 4) is 6.07 Å². The number of nitriles is 1. The molecule has 1 amide bonds. The lowest BCUT2D eigenvalue weighted by Gasteiger charge is -2.46. The lowest BCUT2D eigenvalue weighted by atomic mass is 9.84. The summed E-state index contributed by atoms with van der Waals surface area (Å²) < 4.78 is 5.20. The molecule has 0 atom stereocenters. The van der Waals surface area contributed by atoms with Crippen LogP contribution in [0.5, 0.6) is 0 Å². The minimum absolute atomic E-state index is 0.0106. The molecule has 7 nitrogen and oxygen atoms in total. The number of hydrogen-bond acceptors (Lipinski definition) is 6. The Morgan fingerprint density at radius 1 is 1.12 bits per heavy atom. The number of esters is 1. The van der Waals surface area contributed by atoms with E-state index < -0.39 is 11.5 Å². The van der Waals surface area contributed by atoms with Crippen LogP contribution in [0.1, 0.15) is 35.1 Å². The van der Waals surface area contributed by atoms with E-state index in [9.17, 15) is 14.9 Å². The van der Waals surface area contributed by atoms with E-state index >= 15 is 0 Å². The molecule has 7 heteroatoms. The number of ether oxygens (including phenoxy) is 1. The van der Waals surface area contributed by atoms with Crippen molar-refractivity contribution in [2.75, 3.05) is 32.2 Å². The van der Waals surface area contributed by atoms with Crippen LogP contribution in [0.25, 0.3) is 0 Å². The Morgan fingerprint density at radius 2 is 1.78 bits per heavy atom. The summed E-state index contributed by atoms with van der Waals surface area (Å²) in [5.74, 6) is -0.706. The SMILES string of the molecule is COC(=O)C1(N(C(=O)Cc2c(C)cc(C)cc2C#N)c2ccccc2)CCN(OC)CC1. The number of hydrogen-bond donors (Lipinski definition) is 0. The number of rotatable bonds is 6. The fourth-order valence-electron chi connectivity index (χ4n) is 4.52. The van der Waals surface area contributed by atoms with Crippen LogP contribution in [0.2, 0.25) is 0 Å². The molecule has 0 saturated carbocycles. The van der Waals surface area contributed by atoms with Crippen molar-refractivity contribution >= 4 is 17.6 Å². The van der Waals surface area contributed by atoms with E-state index in [1.54, 1.807) is 23.1 Å². The van der Waals surface area contributed by atoms with E-state index in [1.165, 1.54) is 7.11 Å². The number of methoxy groups -OCH3 is 1. The number of para-hydroxylation sites is 1. The van der Waals surface area contributed by atoms with E-state index in [2.05, 4.69) is 6.07 Å². The average molecular weight is 436 g/mol. The number of hydroxylamine groups is 2. The predicted octanol–water partition coefficient (Wildman–Crippen LogP) is 3.32. The molecule has 168 valence electrons. The zero-order chi connectivity index (χ0) is 23.3. The van der Waals surface area contributed by atoms with Gasteiger partial charge < -0.3 is 9.57 Å². The Morgan fingerprint density at radius 3 is 2.34 bits per heavy atom. The number of anilines is 1. The molecule has 0 aliphatic carbocycles. The van der Waals surface area contributed by atoms with Gasteiger partial charge in [0.15, 0.2) is 0 Å². The first-order chi connectivity index (χ1) is 15.4. The van der Waals surface area contributed by atoms with Crippen molar-refractivity contribution in [1.29, 1.82) is 5.26 Å². The molecule has 32 heavy (non-hydrogen) atoms. The summed E-state index contributed by atoms with van der Waals surface area (Å²) in [6, 6.07) is 15.1.